The van der Waals surface area contributed by atoms with E-state index in [1.54, 1.807) is 0 Å². The van der Waals surface area contributed by atoms with E-state index in [0.29, 0.717) is 12.5 Å². The van der Waals surface area contributed by atoms with Gasteiger partial charge in [0.1, 0.15) is 0 Å². The summed E-state index contributed by atoms with van der Waals surface area (Å²) >= 11 is 0. The molecular formula is C9H17NO. The monoisotopic (exact) mass is 155 g/mol. The second kappa shape index (κ2) is 2.76. The Morgan fingerprint density at radius 3 is 2.73 bits per heavy atom. The Morgan fingerprint density at radius 2 is 2.27 bits per heavy atom. The van der Waals surface area contributed by atoms with E-state index in [0.717, 1.165) is 12.1 Å². The third-order valence-electron chi connectivity index (χ3n) is 3.41. The van der Waals surface area contributed by atoms with Crippen molar-refractivity contribution in [1.82, 2.24) is 4.90 Å². The summed E-state index contributed by atoms with van der Waals surface area (Å²) in [7, 11) is 0. The van der Waals surface area contributed by atoms with Gasteiger partial charge < -0.3 is 5.11 Å². The number of fused-ring (bicyclic) bond motifs is 2. The van der Waals surface area contributed by atoms with Crippen LogP contribution in [0, 0.1) is 5.92 Å². The van der Waals surface area contributed by atoms with Gasteiger partial charge in [0.05, 0.1) is 0 Å². The van der Waals surface area contributed by atoms with Crippen LogP contribution in [-0.2, 0) is 0 Å². The van der Waals surface area contributed by atoms with E-state index in [2.05, 4.69) is 11.8 Å². The van der Waals surface area contributed by atoms with Crippen LogP contribution < -0.4 is 0 Å². The van der Waals surface area contributed by atoms with Crippen molar-refractivity contribution in [2.75, 3.05) is 13.2 Å². The molecule has 2 saturated heterocycles. The van der Waals surface area contributed by atoms with E-state index in [9.17, 15) is 0 Å². The summed E-state index contributed by atoms with van der Waals surface area (Å²) in [4.78, 5) is 2.57. The van der Waals surface area contributed by atoms with E-state index in [1.165, 1.54) is 25.8 Å². The van der Waals surface area contributed by atoms with Gasteiger partial charge in [-0.25, -0.2) is 0 Å². The molecule has 0 aromatic heterocycles. The highest BCUT2D eigenvalue weighted by Gasteiger charge is 2.44. The van der Waals surface area contributed by atoms with E-state index in [1.807, 2.05) is 0 Å². The topological polar surface area (TPSA) is 23.5 Å². The zero-order chi connectivity index (χ0) is 7.84. The summed E-state index contributed by atoms with van der Waals surface area (Å²) in [6.45, 7) is 3.80. The molecule has 0 aromatic rings. The second-order valence-electron chi connectivity index (χ2n) is 3.81. The molecule has 2 aliphatic heterocycles. The number of rotatable bonds is 2. The normalized spacial score (nSPS) is 43.6. The predicted molar refractivity (Wildman–Crippen MR) is 44.4 cm³/mol. The van der Waals surface area contributed by atoms with Crippen LogP contribution in [-0.4, -0.2) is 35.2 Å². The third-order valence-corrected chi connectivity index (χ3v) is 3.41. The molecular weight excluding hydrogens is 138 g/mol. The maximum atomic E-state index is 9.07. The largest absolute Gasteiger partial charge is 0.396 e. The molecule has 0 aromatic carbocycles. The van der Waals surface area contributed by atoms with Crippen LogP contribution in [0.1, 0.15) is 26.2 Å². The van der Waals surface area contributed by atoms with Gasteiger partial charge in [0, 0.05) is 18.7 Å². The zero-order valence-electron chi connectivity index (χ0n) is 7.16. The molecule has 0 aliphatic carbocycles. The van der Waals surface area contributed by atoms with Gasteiger partial charge in [0.15, 0.2) is 0 Å². The van der Waals surface area contributed by atoms with Crippen LogP contribution in [0.2, 0.25) is 0 Å². The fourth-order valence-electron chi connectivity index (χ4n) is 2.92. The lowest BCUT2D eigenvalue weighted by atomic mass is 9.90. The number of aliphatic hydroxyl groups excluding tert-OH is 1. The summed E-state index contributed by atoms with van der Waals surface area (Å²) in [5.41, 5.74) is 0. The summed E-state index contributed by atoms with van der Waals surface area (Å²) in [6, 6.07) is 1.53. The number of nitrogens with zero attached hydrogens (tertiary/aromatic N) is 1. The minimum Gasteiger partial charge on any atom is -0.396 e. The van der Waals surface area contributed by atoms with Crippen LogP contribution in [0.5, 0.6) is 0 Å². The summed E-state index contributed by atoms with van der Waals surface area (Å²) in [5.74, 6) is 0.591. The van der Waals surface area contributed by atoms with E-state index >= 15 is 0 Å². The molecule has 2 rings (SSSR count). The first-order valence-electron chi connectivity index (χ1n) is 4.73. The molecule has 64 valence electrons. The third kappa shape index (κ3) is 1.00. The Balaban J connectivity index is 2.06. The van der Waals surface area contributed by atoms with Crippen LogP contribution >= 0.6 is 0 Å². The lowest BCUT2D eigenvalue weighted by molar-refractivity contribution is 0.178. The Bertz CT molecular complexity index is 148. The van der Waals surface area contributed by atoms with Gasteiger partial charge in [-0.2, -0.15) is 0 Å². The standard InChI is InChI=1S/C9H17NO/c1-2-10-8-3-4-9(10)7(5-8)6-11/h7-9,11H,2-6H2,1H3. The summed E-state index contributed by atoms with van der Waals surface area (Å²) < 4.78 is 0. The van der Waals surface area contributed by atoms with Crippen molar-refractivity contribution >= 4 is 0 Å². The molecule has 2 heteroatoms. The first kappa shape index (κ1) is 7.56. The minimum atomic E-state index is 0.400. The number of hydrogen-bond acceptors (Lipinski definition) is 2. The van der Waals surface area contributed by atoms with E-state index in [4.69, 9.17) is 5.11 Å². The van der Waals surface area contributed by atoms with Gasteiger partial charge in [0.2, 0.25) is 0 Å². The molecule has 0 spiro atoms. The minimum absolute atomic E-state index is 0.400. The molecule has 0 saturated carbocycles. The van der Waals surface area contributed by atoms with Crippen LogP contribution in [0.4, 0.5) is 0 Å². The van der Waals surface area contributed by atoms with Crippen molar-refractivity contribution in [3.63, 3.8) is 0 Å². The van der Waals surface area contributed by atoms with Gasteiger partial charge in [-0.15, -0.1) is 0 Å². The second-order valence-corrected chi connectivity index (χ2v) is 3.81. The Kier molecular flexibility index (Phi) is 1.90. The Hall–Kier alpha value is -0.0800. The summed E-state index contributed by atoms with van der Waals surface area (Å²) in [5, 5.41) is 9.07. The zero-order valence-corrected chi connectivity index (χ0v) is 7.16. The number of aliphatic hydroxyl groups is 1. The SMILES string of the molecule is CCN1C2CCC1C(CO)C2. The average Bonchev–Trinajstić information content (AvgIpc) is 2.59. The van der Waals surface area contributed by atoms with Crippen molar-refractivity contribution in [3.8, 4) is 0 Å². The summed E-state index contributed by atoms with van der Waals surface area (Å²) in [6.07, 6.45) is 3.94. The Labute approximate surface area is 68.2 Å². The van der Waals surface area contributed by atoms with Crippen molar-refractivity contribution < 1.29 is 5.11 Å². The lowest BCUT2D eigenvalue weighted by Gasteiger charge is -2.21. The molecule has 11 heavy (non-hydrogen) atoms. The van der Waals surface area contributed by atoms with Crippen LogP contribution in [0.25, 0.3) is 0 Å². The maximum absolute atomic E-state index is 9.07. The van der Waals surface area contributed by atoms with Gasteiger partial charge in [-0.3, -0.25) is 4.90 Å². The quantitative estimate of drug-likeness (QED) is 0.639. The first-order chi connectivity index (χ1) is 5.36. The molecule has 2 fully saturated rings. The molecule has 2 aliphatic rings. The van der Waals surface area contributed by atoms with Crippen LogP contribution in [0.3, 0.4) is 0 Å². The molecule has 0 radical (unpaired) electrons. The molecule has 3 unspecified atom stereocenters. The van der Waals surface area contributed by atoms with Gasteiger partial charge in [-0.1, -0.05) is 6.92 Å². The molecule has 2 heterocycles. The fraction of sp³-hybridized carbons (Fsp3) is 1.00. The molecule has 0 amide bonds. The van der Waals surface area contributed by atoms with Crippen molar-refractivity contribution in [2.24, 2.45) is 5.92 Å². The highest BCUT2D eigenvalue weighted by molar-refractivity contribution is 4.99. The molecule has 2 bridgehead atoms. The lowest BCUT2D eigenvalue weighted by Crippen LogP contribution is -2.30. The molecule has 3 atom stereocenters. The van der Waals surface area contributed by atoms with Crippen LogP contribution in [0.15, 0.2) is 0 Å². The Morgan fingerprint density at radius 1 is 1.45 bits per heavy atom. The smallest absolute Gasteiger partial charge is 0.0474 e. The molecule has 2 nitrogen and oxygen atoms in total. The van der Waals surface area contributed by atoms with E-state index in [-0.39, 0.29) is 0 Å². The number of hydrogen-bond donors (Lipinski definition) is 1. The average molecular weight is 155 g/mol. The maximum Gasteiger partial charge on any atom is 0.0474 e. The van der Waals surface area contributed by atoms with Gasteiger partial charge in [-0.05, 0) is 31.7 Å². The van der Waals surface area contributed by atoms with Gasteiger partial charge in [0.25, 0.3) is 0 Å². The van der Waals surface area contributed by atoms with Crippen molar-refractivity contribution in [3.05, 3.63) is 0 Å². The van der Waals surface area contributed by atoms with Crippen molar-refractivity contribution in [2.45, 2.75) is 38.3 Å². The highest BCUT2D eigenvalue weighted by atomic mass is 16.3. The fourth-order valence-corrected chi connectivity index (χ4v) is 2.92. The predicted octanol–water partition coefficient (Wildman–Crippen LogP) is 0.851. The van der Waals surface area contributed by atoms with E-state index < -0.39 is 0 Å². The highest BCUT2D eigenvalue weighted by Crippen LogP contribution is 2.40. The molecule has 1 N–H and O–H groups in total. The van der Waals surface area contributed by atoms with Gasteiger partial charge >= 0.3 is 0 Å². The van der Waals surface area contributed by atoms with Crippen molar-refractivity contribution in [1.29, 1.82) is 0 Å². The first-order valence-corrected chi connectivity index (χ1v) is 4.73.